The molecule has 0 spiro atoms. The van der Waals surface area contributed by atoms with Crippen LogP contribution >= 0.6 is 23.2 Å². The van der Waals surface area contributed by atoms with Crippen LogP contribution in [0.2, 0.25) is 10.0 Å². The number of benzene rings is 2. The molecule has 3 nitrogen and oxygen atoms in total. The average Bonchev–Trinajstić information content (AvgIpc) is 2.51. The standard InChI is InChI=1S/C20H21Cl2NO2/c1-11-5-8-17-15(9-11)19(25-12(2)24)20(3,4)18(23-17)14-7-6-13(21)10-16(14)22/h5-10,18-19,23H,1-4H3/t18-,19-/m1/s1. The molecule has 0 radical (unpaired) electrons. The second kappa shape index (κ2) is 6.54. The van der Waals surface area contributed by atoms with Crippen molar-refractivity contribution in [3.8, 4) is 0 Å². The van der Waals surface area contributed by atoms with Crippen LogP contribution in [-0.4, -0.2) is 5.97 Å². The van der Waals surface area contributed by atoms with Gasteiger partial charge in [-0.1, -0.05) is 60.8 Å². The molecule has 0 amide bonds. The first-order valence-corrected chi connectivity index (χ1v) is 8.95. The molecule has 1 N–H and O–H groups in total. The van der Waals surface area contributed by atoms with E-state index in [-0.39, 0.29) is 18.1 Å². The van der Waals surface area contributed by atoms with Crippen LogP contribution in [0.25, 0.3) is 0 Å². The number of anilines is 1. The topological polar surface area (TPSA) is 38.3 Å². The van der Waals surface area contributed by atoms with Crippen LogP contribution in [0.3, 0.4) is 0 Å². The summed E-state index contributed by atoms with van der Waals surface area (Å²) in [6.07, 6.45) is -0.377. The van der Waals surface area contributed by atoms with Crippen LogP contribution in [0.4, 0.5) is 5.69 Å². The maximum absolute atomic E-state index is 11.8. The highest BCUT2D eigenvalue weighted by Gasteiger charge is 2.46. The first kappa shape index (κ1) is 18.1. The van der Waals surface area contributed by atoms with Crippen molar-refractivity contribution in [3.05, 3.63) is 63.1 Å². The summed E-state index contributed by atoms with van der Waals surface area (Å²) in [5.41, 5.74) is 3.58. The second-order valence-corrected chi connectivity index (χ2v) is 7.99. The first-order chi connectivity index (χ1) is 11.7. The van der Waals surface area contributed by atoms with Gasteiger partial charge in [-0.2, -0.15) is 0 Å². The molecular weight excluding hydrogens is 357 g/mol. The van der Waals surface area contributed by atoms with Crippen molar-refractivity contribution in [2.75, 3.05) is 5.32 Å². The Bertz CT molecular complexity index is 832. The quantitative estimate of drug-likeness (QED) is 0.642. The third-order valence-corrected chi connectivity index (χ3v) is 5.33. The SMILES string of the molecule is CC(=O)O[C@@H]1c2cc(C)ccc2N[C@H](c2ccc(Cl)cc2Cl)C1(C)C. The third kappa shape index (κ3) is 3.36. The summed E-state index contributed by atoms with van der Waals surface area (Å²) in [5, 5.41) is 4.76. The zero-order chi connectivity index (χ0) is 18.4. The van der Waals surface area contributed by atoms with E-state index in [0.717, 1.165) is 22.4 Å². The molecule has 5 heteroatoms. The Morgan fingerprint density at radius 1 is 1.12 bits per heavy atom. The molecule has 2 atom stereocenters. The molecule has 25 heavy (non-hydrogen) atoms. The fourth-order valence-corrected chi connectivity index (χ4v) is 4.04. The molecule has 132 valence electrons. The number of esters is 1. The van der Waals surface area contributed by atoms with Gasteiger partial charge < -0.3 is 10.1 Å². The number of carbonyl (C=O) groups is 1. The zero-order valence-corrected chi connectivity index (χ0v) is 16.2. The number of rotatable bonds is 2. The molecule has 0 bridgehead atoms. The fourth-order valence-electron chi connectivity index (χ4n) is 3.52. The lowest BCUT2D eigenvalue weighted by Gasteiger charge is -2.46. The van der Waals surface area contributed by atoms with Crippen molar-refractivity contribution in [2.45, 2.75) is 39.8 Å². The van der Waals surface area contributed by atoms with Gasteiger partial charge in [0, 0.05) is 33.6 Å². The highest BCUT2D eigenvalue weighted by Crippen LogP contribution is 2.54. The molecule has 2 aromatic rings. The van der Waals surface area contributed by atoms with E-state index in [0.29, 0.717) is 10.0 Å². The van der Waals surface area contributed by atoms with E-state index in [1.54, 1.807) is 6.07 Å². The molecule has 1 heterocycles. The van der Waals surface area contributed by atoms with Crippen LogP contribution in [-0.2, 0) is 9.53 Å². The third-order valence-electron chi connectivity index (χ3n) is 4.77. The van der Waals surface area contributed by atoms with E-state index in [9.17, 15) is 4.79 Å². The molecule has 0 unspecified atom stereocenters. The van der Waals surface area contributed by atoms with Crippen molar-refractivity contribution in [1.82, 2.24) is 0 Å². The minimum Gasteiger partial charge on any atom is -0.457 e. The second-order valence-electron chi connectivity index (χ2n) is 7.14. The number of hydrogen-bond acceptors (Lipinski definition) is 3. The summed E-state index contributed by atoms with van der Waals surface area (Å²) in [4.78, 5) is 11.8. The normalized spacial score (nSPS) is 21.2. The van der Waals surface area contributed by atoms with Gasteiger partial charge >= 0.3 is 5.97 Å². The molecule has 1 aliphatic rings. The number of halogens is 2. The maximum atomic E-state index is 11.8. The minimum atomic E-state index is -0.413. The number of carbonyl (C=O) groups excluding carboxylic acids is 1. The molecule has 0 saturated heterocycles. The van der Waals surface area contributed by atoms with Gasteiger partial charge in [0.05, 0.1) is 6.04 Å². The largest absolute Gasteiger partial charge is 0.457 e. The molecule has 1 aliphatic heterocycles. The van der Waals surface area contributed by atoms with Crippen molar-refractivity contribution in [2.24, 2.45) is 5.41 Å². The molecule has 0 aliphatic carbocycles. The highest BCUT2D eigenvalue weighted by molar-refractivity contribution is 6.35. The average molecular weight is 378 g/mol. The Labute approximate surface area is 158 Å². The van der Waals surface area contributed by atoms with Gasteiger partial charge in [0.25, 0.3) is 0 Å². The Morgan fingerprint density at radius 2 is 1.84 bits per heavy atom. The van der Waals surface area contributed by atoms with Crippen LogP contribution in [0.15, 0.2) is 36.4 Å². The summed E-state index contributed by atoms with van der Waals surface area (Å²) in [6.45, 7) is 7.63. The summed E-state index contributed by atoms with van der Waals surface area (Å²) >= 11 is 12.5. The number of fused-ring (bicyclic) bond motifs is 1. The van der Waals surface area contributed by atoms with Gasteiger partial charge in [-0.3, -0.25) is 4.79 Å². The fraction of sp³-hybridized carbons (Fsp3) is 0.350. The van der Waals surface area contributed by atoms with E-state index in [4.69, 9.17) is 27.9 Å². The van der Waals surface area contributed by atoms with Gasteiger partial charge in [-0.25, -0.2) is 0 Å². The lowest BCUT2D eigenvalue weighted by Crippen LogP contribution is -2.40. The van der Waals surface area contributed by atoms with E-state index in [2.05, 4.69) is 25.2 Å². The van der Waals surface area contributed by atoms with Crippen molar-refractivity contribution in [3.63, 3.8) is 0 Å². The zero-order valence-electron chi connectivity index (χ0n) is 14.7. The summed E-state index contributed by atoms with van der Waals surface area (Å²) in [6, 6.07) is 11.5. The number of ether oxygens (including phenoxy) is 1. The minimum absolute atomic E-state index is 0.128. The van der Waals surface area contributed by atoms with Gasteiger partial charge in [0.15, 0.2) is 0 Å². The van der Waals surface area contributed by atoms with Crippen molar-refractivity contribution >= 4 is 34.9 Å². The Hall–Kier alpha value is -1.71. The Balaban J connectivity index is 2.15. The summed E-state index contributed by atoms with van der Waals surface area (Å²) in [5.74, 6) is -0.298. The van der Waals surface area contributed by atoms with Crippen molar-refractivity contribution < 1.29 is 9.53 Å². The van der Waals surface area contributed by atoms with Gasteiger partial charge in [0.1, 0.15) is 6.10 Å². The van der Waals surface area contributed by atoms with Gasteiger partial charge in [-0.05, 0) is 30.7 Å². The van der Waals surface area contributed by atoms with Crippen LogP contribution < -0.4 is 5.32 Å². The highest BCUT2D eigenvalue weighted by atomic mass is 35.5. The monoisotopic (exact) mass is 377 g/mol. The van der Waals surface area contributed by atoms with Crippen LogP contribution in [0, 0.1) is 12.3 Å². The number of hydrogen-bond donors (Lipinski definition) is 1. The molecule has 0 aromatic heterocycles. The number of nitrogens with one attached hydrogen (secondary N) is 1. The van der Waals surface area contributed by atoms with E-state index >= 15 is 0 Å². The molecule has 0 saturated carbocycles. The Morgan fingerprint density at radius 3 is 2.48 bits per heavy atom. The van der Waals surface area contributed by atoms with E-state index < -0.39 is 5.41 Å². The number of aryl methyl sites for hydroxylation is 1. The molecular formula is C20H21Cl2NO2. The molecule has 3 rings (SSSR count). The maximum Gasteiger partial charge on any atom is 0.303 e. The van der Waals surface area contributed by atoms with Gasteiger partial charge in [0.2, 0.25) is 0 Å². The molecule has 2 aromatic carbocycles. The predicted octanol–water partition coefficient (Wildman–Crippen LogP) is 6.10. The molecule has 0 fully saturated rings. The first-order valence-electron chi connectivity index (χ1n) is 8.19. The van der Waals surface area contributed by atoms with E-state index in [1.165, 1.54) is 6.92 Å². The summed E-state index contributed by atoms with van der Waals surface area (Å²) in [7, 11) is 0. The lowest BCUT2D eigenvalue weighted by atomic mass is 9.70. The summed E-state index contributed by atoms with van der Waals surface area (Å²) < 4.78 is 5.76. The van der Waals surface area contributed by atoms with Gasteiger partial charge in [-0.15, -0.1) is 0 Å². The van der Waals surface area contributed by atoms with E-state index in [1.807, 2.05) is 31.2 Å². The predicted molar refractivity (Wildman–Crippen MR) is 102 cm³/mol. The van der Waals surface area contributed by atoms with Crippen LogP contribution in [0.5, 0.6) is 0 Å². The van der Waals surface area contributed by atoms with Crippen molar-refractivity contribution in [1.29, 1.82) is 0 Å². The smallest absolute Gasteiger partial charge is 0.303 e. The Kier molecular flexibility index (Phi) is 4.74. The lowest BCUT2D eigenvalue weighted by molar-refractivity contribution is -0.154. The van der Waals surface area contributed by atoms with Crippen LogP contribution in [0.1, 0.15) is 49.6 Å².